The van der Waals surface area contributed by atoms with Crippen LogP contribution in [-0.2, 0) is 0 Å². The van der Waals surface area contributed by atoms with E-state index < -0.39 is 0 Å². The number of halogens is 2. The molecule has 0 aliphatic heterocycles. The van der Waals surface area contributed by atoms with Gasteiger partial charge in [-0.2, -0.15) is 0 Å². The van der Waals surface area contributed by atoms with Gasteiger partial charge in [0.2, 0.25) is 0 Å². The average molecular weight is 360 g/mol. The quantitative estimate of drug-likeness (QED) is 0.698. The summed E-state index contributed by atoms with van der Waals surface area (Å²) in [7, 11) is 0. The highest BCUT2D eigenvalue weighted by atomic mass is 127. The van der Waals surface area contributed by atoms with Gasteiger partial charge in [0, 0.05) is 19.8 Å². The molecule has 0 atom stereocenters. The lowest BCUT2D eigenvalue weighted by molar-refractivity contribution is 1.31. The second kappa shape index (κ2) is 4.40. The normalized spacial score (nSPS) is 10.1. The topological polar surface area (TPSA) is 12.9 Å². The van der Waals surface area contributed by atoms with Crippen LogP contribution in [-0.4, -0.2) is 4.98 Å². The Kier molecular flexibility index (Phi) is 3.18. The van der Waals surface area contributed by atoms with Gasteiger partial charge in [0.15, 0.2) is 0 Å². The molecule has 14 heavy (non-hydrogen) atoms. The molecule has 1 nitrogen and oxygen atoms in total. The van der Waals surface area contributed by atoms with Crippen molar-refractivity contribution in [2.75, 3.05) is 0 Å². The first-order chi connectivity index (χ1) is 6.75. The maximum absolute atomic E-state index is 4.34. The lowest BCUT2D eigenvalue weighted by Gasteiger charge is -2.00. The minimum atomic E-state index is 1.01. The largest absolute Gasteiger partial charge is 0.255 e. The van der Waals surface area contributed by atoms with E-state index in [1.807, 2.05) is 24.4 Å². The van der Waals surface area contributed by atoms with E-state index in [0.717, 1.165) is 15.7 Å². The molecule has 0 saturated heterocycles. The van der Waals surface area contributed by atoms with Gasteiger partial charge in [0.1, 0.15) is 0 Å². The fourth-order valence-electron chi connectivity index (χ4n) is 1.19. The van der Waals surface area contributed by atoms with Gasteiger partial charge in [-0.1, -0.05) is 12.1 Å². The van der Waals surface area contributed by atoms with Crippen molar-refractivity contribution in [3.8, 4) is 11.3 Å². The van der Waals surface area contributed by atoms with Crippen LogP contribution in [0.4, 0.5) is 0 Å². The van der Waals surface area contributed by atoms with Crippen LogP contribution in [0.15, 0.2) is 47.1 Å². The summed E-state index contributed by atoms with van der Waals surface area (Å²) in [6, 6.07) is 12.3. The third-order valence-electron chi connectivity index (χ3n) is 1.85. The number of hydrogen-bond donors (Lipinski definition) is 0. The van der Waals surface area contributed by atoms with Crippen molar-refractivity contribution in [2.24, 2.45) is 0 Å². The Hall–Kier alpha value is -0.420. The highest BCUT2D eigenvalue weighted by molar-refractivity contribution is 14.1. The minimum Gasteiger partial charge on any atom is -0.255 e. The summed E-state index contributed by atoms with van der Waals surface area (Å²) in [6.45, 7) is 0. The van der Waals surface area contributed by atoms with Crippen LogP contribution in [0.3, 0.4) is 0 Å². The van der Waals surface area contributed by atoms with Crippen LogP contribution in [0.25, 0.3) is 11.3 Å². The lowest BCUT2D eigenvalue weighted by atomic mass is 10.1. The van der Waals surface area contributed by atoms with E-state index in [-0.39, 0.29) is 0 Å². The molecule has 0 N–H and O–H groups in total. The van der Waals surface area contributed by atoms with E-state index in [9.17, 15) is 0 Å². The molecule has 0 spiro atoms. The van der Waals surface area contributed by atoms with Gasteiger partial charge < -0.3 is 0 Å². The number of hydrogen-bond acceptors (Lipinski definition) is 1. The molecule has 1 aromatic heterocycles. The molecule has 70 valence electrons. The van der Waals surface area contributed by atoms with Crippen molar-refractivity contribution < 1.29 is 0 Å². The second-order valence-electron chi connectivity index (χ2n) is 2.87. The van der Waals surface area contributed by atoms with Crippen molar-refractivity contribution in [3.05, 3.63) is 50.6 Å². The Morgan fingerprint density at radius 1 is 1.14 bits per heavy atom. The Bertz CT molecular complexity index is 439. The predicted molar refractivity (Wildman–Crippen MR) is 70.1 cm³/mol. The first-order valence-corrected chi connectivity index (χ1v) is 6.00. The number of pyridine rings is 1. The number of rotatable bonds is 1. The molecular formula is C11H7BrIN. The van der Waals surface area contributed by atoms with Gasteiger partial charge in [-0.15, -0.1) is 0 Å². The Morgan fingerprint density at radius 3 is 2.64 bits per heavy atom. The molecule has 3 heteroatoms. The summed E-state index contributed by atoms with van der Waals surface area (Å²) in [6.07, 6.45) is 1.81. The summed E-state index contributed by atoms with van der Waals surface area (Å²) in [4.78, 5) is 4.34. The predicted octanol–water partition coefficient (Wildman–Crippen LogP) is 4.12. The van der Waals surface area contributed by atoms with Gasteiger partial charge in [0.05, 0.1) is 5.69 Å². The third-order valence-corrected chi connectivity index (χ3v) is 2.99. The molecule has 0 unspecified atom stereocenters. The maximum atomic E-state index is 4.34. The van der Waals surface area contributed by atoms with Gasteiger partial charge >= 0.3 is 0 Å². The highest BCUT2D eigenvalue weighted by Gasteiger charge is 1.98. The summed E-state index contributed by atoms with van der Waals surface area (Å²) in [5, 5.41) is 0. The van der Waals surface area contributed by atoms with Crippen molar-refractivity contribution >= 4 is 38.5 Å². The molecule has 0 bridgehead atoms. The standard InChI is InChI=1S/C11H7BrIN/c12-9-4-5-11(14-7-9)8-2-1-3-10(13)6-8/h1-7H. The molecule has 1 aromatic carbocycles. The van der Waals surface area contributed by atoms with Crippen molar-refractivity contribution in [1.29, 1.82) is 0 Å². The summed E-state index contributed by atoms with van der Waals surface area (Å²) in [5.74, 6) is 0. The van der Waals surface area contributed by atoms with Crippen LogP contribution in [0, 0.1) is 3.57 Å². The monoisotopic (exact) mass is 359 g/mol. The fraction of sp³-hybridized carbons (Fsp3) is 0. The first kappa shape index (κ1) is 10.1. The zero-order valence-electron chi connectivity index (χ0n) is 7.24. The molecule has 1 heterocycles. The smallest absolute Gasteiger partial charge is 0.0703 e. The van der Waals surface area contributed by atoms with Crippen LogP contribution in [0.1, 0.15) is 0 Å². The molecule has 0 saturated carbocycles. The van der Waals surface area contributed by atoms with E-state index >= 15 is 0 Å². The zero-order chi connectivity index (χ0) is 9.97. The van der Waals surface area contributed by atoms with Gasteiger partial charge in [0.25, 0.3) is 0 Å². The van der Waals surface area contributed by atoms with Crippen molar-refractivity contribution in [2.45, 2.75) is 0 Å². The molecule has 2 aromatic rings. The van der Waals surface area contributed by atoms with E-state index in [2.05, 4.69) is 61.7 Å². The van der Waals surface area contributed by atoms with Crippen molar-refractivity contribution in [1.82, 2.24) is 4.98 Å². The third kappa shape index (κ3) is 2.33. The summed E-state index contributed by atoms with van der Waals surface area (Å²) >= 11 is 5.67. The Balaban J connectivity index is 2.44. The lowest BCUT2D eigenvalue weighted by Crippen LogP contribution is -1.82. The SMILES string of the molecule is Brc1ccc(-c2cccc(I)c2)nc1. The Morgan fingerprint density at radius 2 is 2.00 bits per heavy atom. The molecule has 0 aliphatic rings. The van der Waals surface area contributed by atoms with Crippen molar-refractivity contribution in [3.63, 3.8) is 0 Å². The van der Waals surface area contributed by atoms with Crippen LogP contribution in [0.2, 0.25) is 0 Å². The summed E-state index contributed by atoms with van der Waals surface area (Å²) in [5.41, 5.74) is 2.16. The van der Waals surface area contributed by atoms with Crippen LogP contribution in [0.5, 0.6) is 0 Å². The van der Waals surface area contributed by atoms with Gasteiger partial charge in [-0.05, 0) is 62.8 Å². The maximum Gasteiger partial charge on any atom is 0.0703 e. The van der Waals surface area contributed by atoms with E-state index in [1.165, 1.54) is 3.57 Å². The van der Waals surface area contributed by atoms with E-state index in [0.29, 0.717) is 0 Å². The molecule has 0 amide bonds. The molecular weight excluding hydrogens is 353 g/mol. The molecule has 0 fully saturated rings. The van der Waals surface area contributed by atoms with Crippen LogP contribution >= 0.6 is 38.5 Å². The molecule has 2 rings (SSSR count). The number of aromatic nitrogens is 1. The van der Waals surface area contributed by atoms with Crippen LogP contribution < -0.4 is 0 Å². The van der Waals surface area contributed by atoms with E-state index in [4.69, 9.17) is 0 Å². The number of nitrogens with zero attached hydrogens (tertiary/aromatic N) is 1. The molecule has 0 aliphatic carbocycles. The number of benzene rings is 1. The minimum absolute atomic E-state index is 1.01. The van der Waals surface area contributed by atoms with E-state index in [1.54, 1.807) is 0 Å². The Labute approximate surface area is 105 Å². The fourth-order valence-corrected chi connectivity index (χ4v) is 1.97. The van der Waals surface area contributed by atoms with Gasteiger partial charge in [-0.3, -0.25) is 4.98 Å². The highest BCUT2D eigenvalue weighted by Crippen LogP contribution is 2.20. The first-order valence-electron chi connectivity index (χ1n) is 4.13. The average Bonchev–Trinajstić information content (AvgIpc) is 2.19. The van der Waals surface area contributed by atoms with Gasteiger partial charge in [-0.25, -0.2) is 0 Å². The second-order valence-corrected chi connectivity index (χ2v) is 5.03. The molecule has 0 radical (unpaired) electrons. The summed E-state index contributed by atoms with van der Waals surface area (Å²) < 4.78 is 2.23. The zero-order valence-corrected chi connectivity index (χ0v) is 11.0.